The number of amides is 1. The van der Waals surface area contributed by atoms with Crippen molar-refractivity contribution in [3.8, 4) is 17.0 Å². The Morgan fingerprint density at radius 3 is 3.15 bits per heavy atom. The summed E-state index contributed by atoms with van der Waals surface area (Å²) >= 11 is 0. The Balaban J connectivity index is 2.03. The van der Waals surface area contributed by atoms with Gasteiger partial charge in [0.1, 0.15) is 11.6 Å². The largest absolute Gasteiger partial charge is 0.482 e. The number of nitrogens with zero attached hydrogens (tertiary/aromatic N) is 5. The van der Waals surface area contributed by atoms with Crippen molar-refractivity contribution >= 4 is 17.4 Å². The molecule has 1 aromatic carbocycles. The maximum absolute atomic E-state index is 11.6. The van der Waals surface area contributed by atoms with Crippen molar-refractivity contribution in [2.75, 3.05) is 18.6 Å². The van der Waals surface area contributed by atoms with Crippen molar-refractivity contribution in [3.63, 3.8) is 0 Å². The number of aromatic nitrogens is 2. The number of anilines is 1. The number of nitrogens with one attached hydrogen (secondary N) is 1. The number of benzene rings is 1. The predicted octanol–water partition coefficient (Wildman–Crippen LogP) is 2.37. The Morgan fingerprint density at radius 2 is 2.35 bits per heavy atom. The van der Waals surface area contributed by atoms with Gasteiger partial charge in [0, 0.05) is 17.5 Å². The molecular weight excluding hydrogens is 260 g/mol. The van der Waals surface area contributed by atoms with Gasteiger partial charge in [-0.3, -0.25) is 9.89 Å². The van der Waals surface area contributed by atoms with E-state index in [0.717, 1.165) is 5.56 Å². The van der Waals surface area contributed by atoms with E-state index in [-0.39, 0.29) is 12.5 Å². The third-order valence-corrected chi connectivity index (χ3v) is 3.06. The summed E-state index contributed by atoms with van der Waals surface area (Å²) in [6.45, 7) is 0.0479. The van der Waals surface area contributed by atoms with Gasteiger partial charge in [-0.2, -0.15) is 5.10 Å². The molecule has 1 N–H and O–H groups in total. The molecule has 0 saturated carbocycles. The van der Waals surface area contributed by atoms with Crippen LogP contribution in [-0.2, 0) is 4.79 Å². The first kappa shape index (κ1) is 12.1. The first-order chi connectivity index (χ1) is 9.69. The number of H-pyrrole nitrogens is 1. The van der Waals surface area contributed by atoms with E-state index in [0.29, 0.717) is 22.9 Å². The molecule has 0 spiro atoms. The van der Waals surface area contributed by atoms with Crippen LogP contribution in [0.25, 0.3) is 21.7 Å². The monoisotopic (exact) mass is 270 g/mol. The van der Waals surface area contributed by atoms with Crippen LogP contribution in [0.3, 0.4) is 0 Å². The van der Waals surface area contributed by atoms with Crippen molar-refractivity contribution in [1.29, 1.82) is 0 Å². The highest BCUT2D eigenvalue weighted by Gasteiger charge is 2.22. The van der Waals surface area contributed by atoms with E-state index in [9.17, 15) is 4.79 Å². The Labute approximate surface area is 113 Å². The van der Waals surface area contributed by atoms with Gasteiger partial charge >= 0.3 is 0 Å². The van der Waals surface area contributed by atoms with Gasteiger partial charge in [-0.05, 0) is 34.9 Å². The van der Waals surface area contributed by atoms with E-state index in [2.05, 4.69) is 20.2 Å². The number of aromatic amines is 1. The number of rotatable bonds is 2. The molecule has 0 radical (unpaired) electrons. The summed E-state index contributed by atoms with van der Waals surface area (Å²) in [6.07, 6.45) is 0. The van der Waals surface area contributed by atoms with E-state index in [1.807, 2.05) is 12.1 Å². The van der Waals surface area contributed by atoms with E-state index in [4.69, 9.17) is 10.3 Å². The fraction of sp³-hybridized carbons (Fsp3) is 0.167. The van der Waals surface area contributed by atoms with Crippen LogP contribution in [-0.4, -0.2) is 29.8 Å². The summed E-state index contributed by atoms with van der Waals surface area (Å²) in [4.78, 5) is 15.8. The van der Waals surface area contributed by atoms with Gasteiger partial charge in [0.15, 0.2) is 6.61 Å². The van der Waals surface area contributed by atoms with Crippen molar-refractivity contribution in [2.45, 2.75) is 0 Å². The average molecular weight is 270 g/mol. The third kappa shape index (κ3) is 1.94. The van der Waals surface area contributed by atoms with Crippen molar-refractivity contribution in [1.82, 2.24) is 10.2 Å². The molecule has 8 nitrogen and oxygen atoms in total. The second-order valence-electron chi connectivity index (χ2n) is 4.25. The molecule has 0 saturated heterocycles. The molecule has 100 valence electrons. The van der Waals surface area contributed by atoms with Crippen LogP contribution in [0.1, 0.15) is 0 Å². The van der Waals surface area contributed by atoms with E-state index >= 15 is 0 Å². The smallest absolute Gasteiger partial charge is 0.264 e. The molecule has 0 atom stereocenters. The van der Waals surface area contributed by atoms with Gasteiger partial charge in [-0.1, -0.05) is 0 Å². The van der Waals surface area contributed by atoms with Crippen LogP contribution in [0.5, 0.6) is 5.75 Å². The van der Waals surface area contributed by atoms with Crippen molar-refractivity contribution in [3.05, 3.63) is 34.7 Å². The zero-order valence-corrected chi connectivity index (χ0v) is 10.6. The third-order valence-electron chi connectivity index (χ3n) is 3.06. The van der Waals surface area contributed by atoms with Gasteiger partial charge in [0.25, 0.3) is 5.91 Å². The van der Waals surface area contributed by atoms with Crippen LogP contribution >= 0.6 is 0 Å². The highest BCUT2D eigenvalue weighted by atomic mass is 16.5. The number of fused-ring (bicyclic) bond motifs is 1. The zero-order chi connectivity index (χ0) is 14.1. The number of azide groups is 1. The highest BCUT2D eigenvalue weighted by Crippen LogP contribution is 2.35. The number of likely N-dealkylation sites (N-methyl/N-ethyl adjacent to an activating group) is 1. The zero-order valence-electron chi connectivity index (χ0n) is 10.6. The lowest BCUT2D eigenvalue weighted by Crippen LogP contribution is -2.35. The van der Waals surface area contributed by atoms with Gasteiger partial charge in [-0.15, -0.1) is 0 Å². The first-order valence-electron chi connectivity index (χ1n) is 5.83. The maximum Gasteiger partial charge on any atom is 0.264 e. The fourth-order valence-corrected chi connectivity index (χ4v) is 1.99. The number of carbonyl (C=O) groups is 1. The average Bonchev–Trinajstić information content (AvgIpc) is 2.92. The van der Waals surface area contributed by atoms with Crippen molar-refractivity contribution < 1.29 is 9.53 Å². The number of hydrogen-bond donors (Lipinski definition) is 1. The summed E-state index contributed by atoms with van der Waals surface area (Å²) in [7, 11) is 1.70. The second-order valence-corrected chi connectivity index (χ2v) is 4.25. The lowest BCUT2D eigenvalue weighted by atomic mass is 10.1. The molecular formula is C12H10N6O2. The summed E-state index contributed by atoms with van der Waals surface area (Å²) in [5, 5.41) is 10.1. The summed E-state index contributed by atoms with van der Waals surface area (Å²) in [6, 6.07) is 7.06. The van der Waals surface area contributed by atoms with Gasteiger partial charge in [0.05, 0.1) is 11.4 Å². The number of hydrogen-bond acceptors (Lipinski definition) is 4. The highest BCUT2D eigenvalue weighted by molar-refractivity contribution is 5.98. The minimum atomic E-state index is -0.105. The normalized spacial score (nSPS) is 13.4. The Hall–Kier alpha value is -2.99. The summed E-state index contributed by atoms with van der Waals surface area (Å²) in [5.74, 6) is 0.883. The Bertz CT molecular complexity index is 731. The van der Waals surface area contributed by atoms with E-state index in [1.54, 1.807) is 24.1 Å². The SMILES string of the molecule is CN1C(=O)COc2ccc(-c3cc(N=[N+]=[N-])[nH]n3)cc21. The lowest BCUT2D eigenvalue weighted by Gasteiger charge is -2.26. The Morgan fingerprint density at radius 1 is 1.50 bits per heavy atom. The first-order valence-corrected chi connectivity index (χ1v) is 5.83. The molecule has 2 aromatic rings. The van der Waals surface area contributed by atoms with Crippen LogP contribution in [0.15, 0.2) is 29.4 Å². The molecule has 2 heterocycles. The van der Waals surface area contributed by atoms with Crippen LogP contribution in [0, 0.1) is 0 Å². The van der Waals surface area contributed by atoms with Crippen LogP contribution in [0.2, 0.25) is 0 Å². The predicted molar refractivity (Wildman–Crippen MR) is 71.7 cm³/mol. The number of ether oxygens (including phenoxy) is 1. The lowest BCUT2D eigenvalue weighted by molar-refractivity contribution is -0.120. The summed E-state index contributed by atoms with van der Waals surface area (Å²) in [5.41, 5.74) is 10.5. The molecule has 1 aliphatic heterocycles. The van der Waals surface area contributed by atoms with E-state index in [1.165, 1.54) is 0 Å². The molecule has 8 heteroatoms. The quantitative estimate of drug-likeness (QED) is 0.514. The minimum absolute atomic E-state index is 0.0479. The topological polar surface area (TPSA) is 107 Å². The maximum atomic E-state index is 11.6. The molecule has 0 bridgehead atoms. The van der Waals surface area contributed by atoms with Crippen LogP contribution in [0.4, 0.5) is 11.5 Å². The van der Waals surface area contributed by atoms with Gasteiger partial charge < -0.3 is 9.64 Å². The molecule has 1 aliphatic rings. The molecule has 1 aromatic heterocycles. The Kier molecular flexibility index (Phi) is 2.77. The molecule has 0 aliphatic carbocycles. The standard InChI is InChI=1S/C12H10N6O2/c1-18-9-4-7(2-3-10(9)20-6-12(18)19)8-5-11(15-14-8)16-17-13/h2-5H,6H2,1H3,(H,14,15). The molecule has 0 unspecified atom stereocenters. The molecule has 1 amide bonds. The van der Waals surface area contributed by atoms with Gasteiger partial charge in [0.2, 0.25) is 0 Å². The second kappa shape index (κ2) is 4.60. The van der Waals surface area contributed by atoms with E-state index < -0.39 is 0 Å². The number of carbonyl (C=O) groups excluding carboxylic acids is 1. The summed E-state index contributed by atoms with van der Waals surface area (Å²) < 4.78 is 5.35. The van der Waals surface area contributed by atoms with Crippen molar-refractivity contribution in [2.24, 2.45) is 5.11 Å². The molecule has 0 fully saturated rings. The fourth-order valence-electron chi connectivity index (χ4n) is 1.99. The van der Waals surface area contributed by atoms with Gasteiger partial charge in [-0.25, -0.2) is 0 Å². The van der Waals surface area contributed by atoms with Crippen LogP contribution < -0.4 is 9.64 Å². The minimum Gasteiger partial charge on any atom is -0.482 e. The molecule has 3 rings (SSSR count). The molecule has 20 heavy (non-hydrogen) atoms.